The van der Waals surface area contributed by atoms with Gasteiger partial charge in [0.1, 0.15) is 5.82 Å². The van der Waals surface area contributed by atoms with Crippen LogP contribution in [0.15, 0.2) is 48.5 Å². The van der Waals surface area contributed by atoms with E-state index in [2.05, 4.69) is 5.10 Å². The molecule has 5 heteroatoms. The van der Waals surface area contributed by atoms with E-state index < -0.39 is 0 Å². The van der Waals surface area contributed by atoms with Gasteiger partial charge in [0.05, 0.1) is 16.4 Å². The van der Waals surface area contributed by atoms with Gasteiger partial charge in [0.15, 0.2) is 0 Å². The minimum Gasteiger partial charge on any atom is -0.384 e. The standard InChI is InChI=1S/C16H13Cl2N3/c1-10-2-4-11(5-3-10)14-9-16(19)21(20-14)15-7-6-12(17)8-13(15)18/h2-9H,19H2,1H3. The summed E-state index contributed by atoms with van der Waals surface area (Å²) in [7, 11) is 0. The number of halogens is 2. The van der Waals surface area contributed by atoms with Crippen LogP contribution in [0.4, 0.5) is 5.82 Å². The van der Waals surface area contributed by atoms with E-state index in [9.17, 15) is 0 Å². The van der Waals surface area contributed by atoms with Gasteiger partial charge in [-0.3, -0.25) is 0 Å². The first kappa shape index (κ1) is 14.0. The summed E-state index contributed by atoms with van der Waals surface area (Å²) in [5.74, 6) is 0.523. The molecule has 0 spiro atoms. The maximum atomic E-state index is 6.21. The lowest BCUT2D eigenvalue weighted by atomic mass is 10.1. The molecule has 0 saturated heterocycles. The van der Waals surface area contributed by atoms with Crippen molar-refractivity contribution in [2.24, 2.45) is 0 Å². The molecule has 2 N–H and O–H groups in total. The van der Waals surface area contributed by atoms with Crippen molar-refractivity contribution < 1.29 is 0 Å². The van der Waals surface area contributed by atoms with Crippen molar-refractivity contribution in [2.75, 3.05) is 5.73 Å². The SMILES string of the molecule is Cc1ccc(-c2cc(N)n(-c3ccc(Cl)cc3Cl)n2)cc1. The summed E-state index contributed by atoms with van der Waals surface area (Å²) >= 11 is 12.1. The zero-order valence-electron chi connectivity index (χ0n) is 11.3. The van der Waals surface area contributed by atoms with E-state index in [1.807, 2.05) is 37.3 Å². The number of anilines is 1. The Kier molecular flexibility index (Phi) is 3.62. The number of aromatic nitrogens is 2. The zero-order valence-corrected chi connectivity index (χ0v) is 12.9. The van der Waals surface area contributed by atoms with E-state index in [4.69, 9.17) is 28.9 Å². The van der Waals surface area contributed by atoms with Crippen molar-refractivity contribution in [3.8, 4) is 16.9 Å². The molecule has 0 aliphatic rings. The van der Waals surface area contributed by atoms with Crippen LogP contribution in [0.1, 0.15) is 5.56 Å². The van der Waals surface area contributed by atoms with Crippen LogP contribution in [0.3, 0.4) is 0 Å². The van der Waals surface area contributed by atoms with Crippen LogP contribution in [-0.4, -0.2) is 9.78 Å². The highest BCUT2D eigenvalue weighted by Gasteiger charge is 2.11. The van der Waals surface area contributed by atoms with Crippen molar-refractivity contribution in [2.45, 2.75) is 6.92 Å². The monoisotopic (exact) mass is 317 g/mol. The number of aryl methyl sites for hydroxylation is 1. The van der Waals surface area contributed by atoms with Gasteiger partial charge < -0.3 is 5.73 Å². The van der Waals surface area contributed by atoms with Gasteiger partial charge in [-0.2, -0.15) is 5.10 Å². The molecule has 0 atom stereocenters. The van der Waals surface area contributed by atoms with E-state index in [0.717, 1.165) is 11.3 Å². The van der Waals surface area contributed by atoms with Gasteiger partial charge in [0, 0.05) is 16.7 Å². The van der Waals surface area contributed by atoms with Crippen molar-refractivity contribution >= 4 is 29.0 Å². The minimum atomic E-state index is 0.507. The molecule has 3 aromatic rings. The van der Waals surface area contributed by atoms with Crippen molar-refractivity contribution in [1.82, 2.24) is 9.78 Å². The highest BCUT2D eigenvalue weighted by Crippen LogP contribution is 2.28. The molecule has 0 radical (unpaired) electrons. The maximum absolute atomic E-state index is 6.21. The highest BCUT2D eigenvalue weighted by atomic mass is 35.5. The van der Waals surface area contributed by atoms with Gasteiger partial charge in [-0.1, -0.05) is 53.0 Å². The van der Waals surface area contributed by atoms with Crippen LogP contribution in [0.5, 0.6) is 0 Å². The molecule has 106 valence electrons. The van der Waals surface area contributed by atoms with Gasteiger partial charge in [-0.25, -0.2) is 4.68 Å². The third-order valence-corrected chi connectivity index (χ3v) is 3.76. The molecule has 2 aromatic carbocycles. The third-order valence-electron chi connectivity index (χ3n) is 3.22. The summed E-state index contributed by atoms with van der Waals surface area (Å²) in [6, 6.07) is 15.2. The summed E-state index contributed by atoms with van der Waals surface area (Å²) in [5.41, 5.74) is 9.78. The molecular formula is C16H13Cl2N3. The number of rotatable bonds is 2. The number of benzene rings is 2. The van der Waals surface area contributed by atoms with Gasteiger partial charge in [0.25, 0.3) is 0 Å². The summed E-state index contributed by atoms with van der Waals surface area (Å²) in [5, 5.41) is 5.62. The van der Waals surface area contributed by atoms with Crippen LogP contribution in [-0.2, 0) is 0 Å². The fraction of sp³-hybridized carbons (Fsp3) is 0.0625. The van der Waals surface area contributed by atoms with Crippen molar-refractivity contribution in [3.05, 3.63) is 64.1 Å². The molecule has 0 aliphatic carbocycles. The third kappa shape index (κ3) is 2.75. The smallest absolute Gasteiger partial charge is 0.127 e. The van der Waals surface area contributed by atoms with E-state index in [1.54, 1.807) is 22.9 Å². The highest BCUT2D eigenvalue weighted by molar-refractivity contribution is 6.35. The normalized spacial score (nSPS) is 10.8. The molecule has 1 aromatic heterocycles. The molecule has 3 nitrogen and oxygen atoms in total. The molecule has 0 unspecified atom stereocenters. The Morgan fingerprint density at radius 2 is 1.71 bits per heavy atom. The van der Waals surface area contributed by atoms with Gasteiger partial charge >= 0.3 is 0 Å². The van der Waals surface area contributed by atoms with Crippen LogP contribution in [0, 0.1) is 6.92 Å². The lowest BCUT2D eigenvalue weighted by Crippen LogP contribution is -2.02. The molecule has 3 rings (SSSR count). The second kappa shape index (κ2) is 5.43. The first-order valence-electron chi connectivity index (χ1n) is 6.42. The maximum Gasteiger partial charge on any atom is 0.127 e. The van der Waals surface area contributed by atoms with Crippen molar-refractivity contribution in [1.29, 1.82) is 0 Å². The topological polar surface area (TPSA) is 43.8 Å². The average Bonchev–Trinajstić information content (AvgIpc) is 2.81. The van der Waals surface area contributed by atoms with E-state index >= 15 is 0 Å². The Bertz CT molecular complexity index is 792. The van der Waals surface area contributed by atoms with Crippen LogP contribution >= 0.6 is 23.2 Å². The Balaban J connectivity index is 2.07. The molecule has 0 amide bonds. The van der Waals surface area contributed by atoms with E-state index in [1.165, 1.54) is 5.56 Å². The zero-order chi connectivity index (χ0) is 15.0. The van der Waals surface area contributed by atoms with Crippen LogP contribution < -0.4 is 5.73 Å². The Morgan fingerprint density at radius 1 is 1.00 bits per heavy atom. The number of hydrogen-bond acceptors (Lipinski definition) is 2. The largest absolute Gasteiger partial charge is 0.384 e. The Morgan fingerprint density at radius 3 is 2.38 bits per heavy atom. The summed E-state index contributed by atoms with van der Waals surface area (Å²) in [6.07, 6.45) is 0. The Hall–Kier alpha value is -1.97. The van der Waals surface area contributed by atoms with Gasteiger partial charge in [-0.05, 0) is 25.1 Å². The second-order valence-electron chi connectivity index (χ2n) is 4.83. The first-order chi connectivity index (χ1) is 10.0. The fourth-order valence-corrected chi connectivity index (χ4v) is 2.60. The first-order valence-corrected chi connectivity index (χ1v) is 7.18. The molecule has 0 aliphatic heterocycles. The fourth-order valence-electron chi connectivity index (χ4n) is 2.11. The molecule has 0 bridgehead atoms. The molecule has 21 heavy (non-hydrogen) atoms. The molecule has 1 heterocycles. The predicted octanol–water partition coefficient (Wildman–Crippen LogP) is 4.74. The predicted molar refractivity (Wildman–Crippen MR) is 88.2 cm³/mol. The van der Waals surface area contributed by atoms with Gasteiger partial charge in [-0.15, -0.1) is 0 Å². The lowest BCUT2D eigenvalue weighted by molar-refractivity contribution is 0.895. The van der Waals surface area contributed by atoms with E-state index in [-0.39, 0.29) is 0 Å². The number of nitrogen functional groups attached to an aromatic ring is 1. The summed E-state index contributed by atoms with van der Waals surface area (Å²) < 4.78 is 1.62. The average molecular weight is 318 g/mol. The molecule has 0 saturated carbocycles. The van der Waals surface area contributed by atoms with Gasteiger partial charge in [0.2, 0.25) is 0 Å². The second-order valence-corrected chi connectivity index (χ2v) is 5.67. The quantitative estimate of drug-likeness (QED) is 0.742. The molecule has 0 fully saturated rings. The summed E-state index contributed by atoms with van der Waals surface area (Å²) in [6.45, 7) is 2.05. The van der Waals surface area contributed by atoms with Crippen LogP contribution in [0.25, 0.3) is 16.9 Å². The number of hydrogen-bond donors (Lipinski definition) is 1. The van der Waals surface area contributed by atoms with Crippen LogP contribution in [0.2, 0.25) is 10.0 Å². The summed E-state index contributed by atoms with van der Waals surface area (Å²) in [4.78, 5) is 0. The lowest BCUT2D eigenvalue weighted by Gasteiger charge is -2.06. The number of nitrogens with zero attached hydrogens (tertiary/aromatic N) is 2. The van der Waals surface area contributed by atoms with Crippen molar-refractivity contribution in [3.63, 3.8) is 0 Å². The molecular weight excluding hydrogens is 305 g/mol. The van der Waals surface area contributed by atoms with E-state index in [0.29, 0.717) is 21.6 Å². The number of nitrogens with two attached hydrogens (primary N) is 1. The Labute approximate surface area is 132 Å². The minimum absolute atomic E-state index is 0.507.